The number of nitrogens with zero attached hydrogens (tertiary/aromatic N) is 2. The topological polar surface area (TPSA) is 65.2 Å². The molecule has 0 aromatic rings. The summed E-state index contributed by atoms with van der Waals surface area (Å²) in [5.74, 6) is 0. The Kier molecular flexibility index (Phi) is 18.3. The predicted octanol–water partition coefficient (Wildman–Crippen LogP) is 1.71. The summed E-state index contributed by atoms with van der Waals surface area (Å²) < 4.78 is 0. The molecule has 0 fully saturated rings. The lowest BCUT2D eigenvalue weighted by Gasteiger charge is -1.68. The lowest BCUT2D eigenvalue weighted by Crippen LogP contribution is -1.70. The summed E-state index contributed by atoms with van der Waals surface area (Å²) in [6.45, 7) is 4.36. The lowest BCUT2D eigenvalue weighted by atomic mass is 10.4. The van der Waals surface area contributed by atoms with Crippen LogP contribution in [-0.4, -0.2) is 22.8 Å². The highest BCUT2D eigenvalue weighted by molar-refractivity contribution is 6.15. The monoisotopic (exact) mass is 146 g/mol. The summed E-state index contributed by atoms with van der Waals surface area (Å²) >= 11 is 0. The molecule has 0 radical (unpaired) electrons. The van der Waals surface area contributed by atoms with Crippen molar-refractivity contribution in [1.29, 1.82) is 0 Å². The second-order valence-corrected chi connectivity index (χ2v) is 1.53. The number of hydrogen-bond donors (Lipinski definition) is 2. The molecule has 0 bridgehead atoms. The first kappa shape index (κ1) is 11.7. The van der Waals surface area contributed by atoms with Crippen molar-refractivity contribution >= 4 is 12.4 Å². The van der Waals surface area contributed by atoms with E-state index in [9.17, 15) is 0 Å². The van der Waals surface area contributed by atoms with Gasteiger partial charge in [0.05, 0.1) is 12.4 Å². The molecule has 0 aliphatic heterocycles. The predicted molar refractivity (Wildman–Crippen MR) is 41.1 cm³/mol. The zero-order valence-corrected chi connectivity index (χ0v) is 6.36. The van der Waals surface area contributed by atoms with E-state index >= 15 is 0 Å². The molecule has 0 heterocycles. The van der Waals surface area contributed by atoms with Gasteiger partial charge < -0.3 is 10.4 Å². The number of unbranched alkanes of at least 4 members (excludes halogenated alkanes) is 1. The highest BCUT2D eigenvalue weighted by atomic mass is 16.4. The number of hydrogen-bond acceptors (Lipinski definition) is 4. The molecule has 4 nitrogen and oxygen atoms in total. The van der Waals surface area contributed by atoms with E-state index in [1.54, 1.807) is 0 Å². The molecule has 10 heavy (non-hydrogen) atoms. The van der Waals surface area contributed by atoms with Gasteiger partial charge in [0, 0.05) is 0 Å². The molecule has 0 aliphatic carbocycles. The van der Waals surface area contributed by atoms with Gasteiger partial charge in [-0.1, -0.05) is 37.0 Å². The normalized spacial score (nSPS) is 9.80. The molecular weight excluding hydrogens is 132 g/mol. The molecule has 0 atom stereocenters. The second-order valence-electron chi connectivity index (χ2n) is 1.53. The standard InChI is InChI=1S/C4H10.C2H4N2O2/c1-3-4-2;5-3-1-2-4-6/h3-4H2,1-2H3;1-2,5-6H/b;3-1+,4-2+. The van der Waals surface area contributed by atoms with Crippen LogP contribution in [0.15, 0.2) is 10.3 Å². The summed E-state index contributed by atoms with van der Waals surface area (Å²) in [6, 6.07) is 0. The zero-order valence-electron chi connectivity index (χ0n) is 6.36. The highest BCUT2D eigenvalue weighted by Gasteiger charge is 1.56. The SMILES string of the molecule is CCCC.O/N=C/C=N/O. The Hall–Kier alpha value is -1.06. The molecule has 0 amide bonds. The van der Waals surface area contributed by atoms with E-state index in [1.807, 2.05) is 0 Å². The van der Waals surface area contributed by atoms with Crippen molar-refractivity contribution in [2.45, 2.75) is 26.7 Å². The average Bonchev–Trinajstić information content (AvgIpc) is 2.01. The van der Waals surface area contributed by atoms with Crippen LogP contribution in [0.5, 0.6) is 0 Å². The Morgan fingerprint density at radius 3 is 1.40 bits per heavy atom. The van der Waals surface area contributed by atoms with Gasteiger partial charge in [-0.2, -0.15) is 0 Å². The maximum Gasteiger partial charge on any atom is 0.0877 e. The molecule has 0 aromatic carbocycles. The Bertz CT molecular complexity index is 79.7. The van der Waals surface area contributed by atoms with Crippen LogP contribution < -0.4 is 0 Å². The van der Waals surface area contributed by atoms with Crippen LogP contribution in [0.25, 0.3) is 0 Å². The minimum atomic E-state index is 0.944. The van der Waals surface area contributed by atoms with E-state index in [1.165, 1.54) is 12.8 Å². The van der Waals surface area contributed by atoms with Crippen LogP contribution in [0.3, 0.4) is 0 Å². The van der Waals surface area contributed by atoms with E-state index in [2.05, 4.69) is 24.2 Å². The van der Waals surface area contributed by atoms with E-state index in [0.29, 0.717) is 0 Å². The highest BCUT2D eigenvalue weighted by Crippen LogP contribution is 1.76. The van der Waals surface area contributed by atoms with Crippen LogP contribution in [-0.2, 0) is 0 Å². The second kappa shape index (κ2) is 15.7. The minimum absolute atomic E-state index is 0.944. The molecule has 0 aliphatic rings. The van der Waals surface area contributed by atoms with Crippen LogP contribution in [0.4, 0.5) is 0 Å². The summed E-state index contributed by atoms with van der Waals surface area (Å²) in [5, 5.41) is 20.1. The summed E-state index contributed by atoms with van der Waals surface area (Å²) in [4.78, 5) is 0. The maximum atomic E-state index is 7.56. The first-order valence-corrected chi connectivity index (χ1v) is 3.16. The van der Waals surface area contributed by atoms with Crippen molar-refractivity contribution in [3.8, 4) is 0 Å². The summed E-state index contributed by atoms with van der Waals surface area (Å²) in [5.41, 5.74) is 0. The Balaban J connectivity index is 0. The van der Waals surface area contributed by atoms with Crippen LogP contribution in [0.2, 0.25) is 0 Å². The van der Waals surface area contributed by atoms with Gasteiger partial charge in [-0.3, -0.25) is 0 Å². The number of rotatable bonds is 2. The quantitative estimate of drug-likeness (QED) is 0.354. The van der Waals surface area contributed by atoms with E-state index in [4.69, 9.17) is 10.4 Å². The van der Waals surface area contributed by atoms with Gasteiger partial charge in [0.25, 0.3) is 0 Å². The van der Waals surface area contributed by atoms with Crippen LogP contribution in [0.1, 0.15) is 26.7 Å². The van der Waals surface area contributed by atoms with Crippen molar-refractivity contribution in [2.75, 3.05) is 0 Å². The van der Waals surface area contributed by atoms with Crippen molar-refractivity contribution < 1.29 is 10.4 Å². The molecule has 0 aromatic heterocycles. The zero-order chi connectivity index (χ0) is 8.24. The van der Waals surface area contributed by atoms with Crippen molar-refractivity contribution in [3.63, 3.8) is 0 Å². The minimum Gasteiger partial charge on any atom is -0.411 e. The van der Waals surface area contributed by atoms with E-state index in [0.717, 1.165) is 12.4 Å². The molecule has 0 spiro atoms. The molecule has 4 heteroatoms. The van der Waals surface area contributed by atoms with E-state index in [-0.39, 0.29) is 0 Å². The first-order valence-electron chi connectivity index (χ1n) is 3.16. The smallest absolute Gasteiger partial charge is 0.0877 e. The summed E-state index contributed by atoms with van der Waals surface area (Å²) in [6.07, 6.45) is 4.53. The molecule has 0 saturated heterocycles. The summed E-state index contributed by atoms with van der Waals surface area (Å²) in [7, 11) is 0. The fourth-order valence-electron chi connectivity index (χ4n) is 0.0596. The molecule has 0 rings (SSSR count). The largest absolute Gasteiger partial charge is 0.411 e. The Morgan fingerprint density at radius 2 is 1.30 bits per heavy atom. The Morgan fingerprint density at radius 1 is 1.00 bits per heavy atom. The first-order chi connectivity index (χ1) is 4.83. The van der Waals surface area contributed by atoms with Crippen molar-refractivity contribution in [3.05, 3.63) is 0 Å². The van der Waals surface area contributed by atoms with Gasteiger partial charge in [-0.15, -0.1) is 0 Å². The van der Waals surface area contributed by atoms with Gasteiger partial charge in [0.1, 0.15) is 0 Å². The van der Waals surface area contributed by atoms with Crippen molar-refractivity contribution in [2.24, 2.45) is 10.3 Å². The molecular formula is C6H14N2O2. The molecule has 2 N–H and O–H groups in total. The third-order valence-electron chi connectivity index (χ3n) is 0.700. The van der Waals surface area contributed by atoms with Gasteiger partial charge in [0.2, 0.25) is 0 Å². The third kappa shape index (κ3) is 28.3. The molecule has 0 unspecified atom stereocenters. The number of oxime groups is 2. The fraction of sp³-hybridized carbons (Fsp3) is 0.667. The van der Waals surface area contributed by atoms with Crippen LogP contribution >= 0.6 is 0 Å². The van der Waals surface area contributed by atoms with Gasteiger partial charge >= 0.3 is 0 Å². The molecule has 0 saturated carbocycles. The Labute approximate surface area is 60.9 Å². The molecule has 60 valence electrons. The van der Waals surface area contributed by atoms with Gasteiger partial charge in [0.15, 0.2) is 0 Å². The lowest BCUT2D eigenvalue weighted by molar-refractivity contribution is 0.317. The average molecular weight is 146 g/mol. The van der Waals surface area contributed by atoms with Gasteiger partial charge in [-0.05, 0) is 0 Å². The van der Waals surface area contributed by atoms with Crippen LogP contribution in [0, 0.1) is 0 Å². The van der Waals surface area contributed by atoms with Crippen molar-refractivity contribution in [1.82, 2.24) is 0 Å². The third-order valence-corrected chi connectivity index (χ3v) is 0.700. The fourth-order valence-corrected chi connectivity index (χ4v) is 0.0596. The van der Waals surface area contributed by atoms with Gasteiger partial charge in [-0.25, -0.2) is 0 Å². The van der Waals surface area contributed by atoms with E-state index < -0.39 is 0 Å². The maximum absolute atomic E-state index is 7.56.